The number of hydrogen-bond donors (Lipinski definition) is 1. The average Bonchev–Trinajstić information content (AvgIpc) is 2.68. The molecule has 1 N–H and O–H groups in total. The monoisotopic (exact) mass is 517 g/mol. The Kier molecular flexibility index (Phi) is 7.62. The fourth-order valence-corrected chi connectivity index (χ4v) is 4.07. The van der Waals surface area contributed by atoms with E-state index in [-0.39, 0.29) is 0 Å². The molecular weight excluding hydrogens is 494 g/mol. The topological polar surface area (TPSA) is 30.5 Å². The Morgan fingerprint density at radius 1 is 0.862 bits per heavy atom. The third-order valence-electron chi connectivity index (χ3n) is 4.54. The maximum absolute atomic E-state index is 6.10. The van der Waals surface area contributed by atoms with Crippen molar-refractivity contribution in [1.82, 2.24) is 0 Å². The van der Waals surface area contributed by atoms with Crippen molar-refractivity contribution in [3.05, 3.63) is 85.8 Å². The number of nitrogens with one attached hydrogen (secondary N) is 1. The predicted octanol–water partition coefficient (Wildman–Crippen LogP) is 7.42. The van der Waals surface area contributed by atoms with Gasteiger partial charge in [-0.3, -0.25) is 0 Å². The first kappa shape index (κ1) is 21.7. The summed E-state index contributed by atoms with van der Waals surface area (Å²) in [5.74, 6) is 1.48. The minimum absolute atomic E-state index is 0.495. The number of benzene rings is 3. The van der Waals surface area contributed by atoms with Crippen LogP contribution in [0.1, 0.15) is 29.2 Å². The van der Waals surface area contributed by atoms with Crippen molar-refractivity contribution in [2.45, 2.75) is 33.9 Å². The summed E-state index contributed by atoms with van der Waals surface area (Å²) in [6.45, 7) is 7.92. The molecule has 3 rings (SSSR count). The number of anilines is 1. The van der Waals surface area contributed by atoms with Crippen molar-refractivity contribution in [1.29, 1.82) is 0 Å². The maximum Gasteiger partial charge on any atom is 0.175 e. The predicted molar refractivity (Wildman–Crippen MR) is 127 cm³/mol. The van der Waals surface area contributed by atoms with Crippen molar-refractivity contribution < 1.29 is 9.47 Å². The first-order chi connectivity index (χ1) is 14.0. The molecule has 0 spiro atoms. The molecule has 0 fully saturated rings. The van der Waals surface area contributed by atoms with Gasteiger partial charge in [0.1, 0.15) is 6.61 Å². The van der Waals surface area contributed by atoms with Crippen molar-refractivity contribution in [2.75, 3.05) is 11.9 Å². The van der Waals surface area contributed by atoms with Gasteiger partial charge in [-0.25, -0.2) is 0 Å². The number of hydrogen-bond acceptors (Lipinski definition) is 3. The minimum atomic E-state index is 0.495. The highest BCUT2D eigenvalue weighted by Crippen LogP contribution is 2.38. The lowest BCUT2D eigenvalue weighted by Gasteiger charge is -2.17. The smallest absolute Gasteiger partial charge is 0.175 e. The van der Waals surface area contributed by atoms with Gasteiger partial charge in [-0.05, 0) is 83.7 Å². The quantitative estimate of drug-likeness (QED) is 0.336. The van der Waals surface area contributed by atoms with E-state index < -0.39 is 0 Å². The van der Waals surface area contributed by atoms with E-state index in [4.69, 9.17) is 9.47 Å². The normalized spacial score (nSPS) is 10.7. The summed E-state index contributed by atoms with van der Waals surface area (Å²) in [5.41, 5.74) is 5.79. The zero-order valence-corrected chi connectivity index (χ0v) is 20.1. The Bertz CT molecular complexity index is 971. The van der Waals surface area contributed by atoms with Crippen LogP contribution in [0.25, 0.3) is 0 Å². The zero-order chi connectivity index (χ0) is 20.8. The van der Waals surface area contributed by atoms with Crippen LogP contribution in [0.15, 0.2) is 63.5 Å². The summed E-state index contributed by atoms with van der Waals surface area (Å²) in [5, 5.41) is 3.50. The van der Waals surface area contributed by atoms with Gasteiger partial charge in [0, 0.05) is 16.7 Å². The van der Waals surface area contributed by atoms with Crippen molar-refractivity contribution in [2.24, 2.45) is 0 Å². The van der Waals surface area contributed by atoms with Crippen LogP contribution in [-0.4, -0.2) is 6.61 Å². The molecule has 0 aromatic heterocycles. The molecule has 29 heavy (non-hydrogen) atoms. The Morgan fingerprint density at radius 3 is 2.31 bits per heavy atom. The Hall–Kier alpha value is -1.98. The van der Waals surface area contributed by atoms with Gasteiger partial charge in [0.05, 0.1) is 11.1 Å². The summed E-state index contributed by atoms with van der Waals surface area (Å²) in [7, 11) is 0. The lowest BCUT2D eigenvalue weighted by atomic mass is 10.1. The lowest BCUT2D eigenvalue weighted by molar-refractivity contribution is 0.267. The number of halogens is 2. The Morgan fingerprint density at radius 2 is 1.62 bits per heavy atom. The van der Waals surface area contributed by atoms with E-state index in [1.807, 2.05) is 19.1 Å². The Balaban J connectivity index is 1.75. The van der Waals surface area contributed by atoms with Gasteiger partial charge in [-0.15, -0.1) is 0 Å². The zero-order valence-electron chi connectivity index (χ0n) is 16.9. The second-order valence-corrected chi connectivity index (χ2v) is 8.69. The highest BCUT2D eigenvalue weighted by atomic mass is 79.9. The molecule has 3 nitrogen and oxygen atoms in total. The summed E-state index contributed by atoms with van der Waals surface area (Å²) in [6, 6.07) is 18.7. The standard InChI is InChI=1S/C24H25Br2NO2/c1-4-28-23-13-19(14-27-22-10-9-20(25)11-17(22)3)12-21(26)24(23)29-15-18-7-5-16(2)6-8-18/h5-13,27H,4,14-15H2,1-3H3. The molecule has 0 saturated carbocycles. The molecule has 0 aliphatic carbocycles. The molecule has 3 aromatic rings. The van der Waals surface area contributed by atoms with E-state index in [2.05, 4.69) is 93.5 Å². The fourth-order valence-electron chi connectivity index (χ4n) is 2.99. The fraction of sp³-hybridized carbons (Fsp3) is 0.250. The summed E-state index contributed by atoms with van der Waals surface area (Å²) in [4.78, 5) is 0. The SMILES string of the molecule is CCOc1cc(CNc2ccc(Br)cc2C)cc(Br)c1OCc1ccc(C)cc1. The number of aryl methyl sites for hydroxylation is 2. The van der Waals surface area contributed by atoms with Crippen LogP contribution in [0.3, 0.4) is 0 Å². The third kappa shape index (κ3) is 6.00. The molecule has 0 aliphatic heterocycles. The van der Waals surface area contributed by atoms with Crippen LogP contribution in [0.5, 0.6) is 11.5 Å². The largest absolute Gasteiger partial charge is 0.490 e. The molecular formula is C24H25Br2NO2. The first-order valence-electron chi connectivity index (χ1n) is 9.60. The van der Waals surface area contributed by atoms with Gasteiger partial charge in [0.15, 0.2) is 11.5 Å². The maximum atomic E-state index is 6.10. The van der Waals surface area contributed by atoms with Crippen LogP contribution < -0.4 is 14.8 Å². The highest BCUT2D eigenvalue weighted by Gasteiger charge is 2.13. The molecule has 152 valence electrons. The first-order valence-corrected chi connectivity index (χ1v) is 11.2. The molecule has 5 heteroatoms. The summed E-state index contributed by atoms with van der Waals surface area (Å²) in [6.07, 6.45) is 0. The highest BCUT2D eigenvalue weighted by molar-refractivity contribution is 9.10. The van der Waals surface area contributed by atoms with Crippen LogP contribution in [0, 0.1) is 13.8 Å². The molecule has 3 aromatic carbocycles. The van der Waals surface area contributed by atoms with E-state index in [9.17, 15) is 0 Å². The van der Waals surface area contributed by atoms with Crippen molar-refractivity contribution in [3.8, 4) is 11.5 Å². The second-order valence-electron chi connectivity index (χ2n) is 6.92. The van der Waals surface area contributed by atoms with Gasteiger partial charge in [-0.1, -0.05) is 45.8 Å². The summed E-state index contributed by atoms with van der Waals surface area (Å²) >= 11 is 7.17. The van der Waals surface area contributed by atoms with Gasteiger partial charge in [0.2, 0.25) is 0 Å². The molecule has 0 radical (unpaired) electrons. The second kappa shape index (κ2) is 10.2. The van der Waals surface area contributed by atoms with E-state index in [0.717, 1.165) is 37.3 Å². The van der Waals surface area contributed by atoms with Crippen LogP contribution in [0.4, 0.5) is 5.69 Å². The van der Waals surface area contributed by atoms with E-state index in [0.29, 0.717) is 19.8 Å². The van der Waals surface area contributed by atoms with Gasteiger partial charge >= 0.3 is 0 Å². The molecule has 0 heterocycles. The molecule has 0 bridgehead atoms. The van der Waals surface area contributed by atoms with Crippen molar-refractivity contribution >= 4 is 37.5 Å². The number of ether oxygens (including phenoxy) is 2. The number of rotatable bonds is 8. The molecule has 0 aliphatic rings. The van der Waals surface area contributed by atoms with Crippen molar-refractivity contribution in [3.63, 3.8) is 0 Å². The van der Waals surface area contributed by atoms with Crippen LogP contribution in [-0.2, 0) is 13.2 Å². The van der Waals surface area contributed by atoms with Gasteiger partial charge in [0.25, 0.3) is 0 Å². The van der Waals surface area contributed by atoms with Gasteiger partial charge < -0.3 is 14.8 Å². The molecule has 0 saturated heterocycles. The van der Waals surface area contributed by atoms with E-state index in [1.54, 1.807) is 0 Å². The molecule has 0 unspecified atom stereocenters. The van der Waals surface area contributed by atoms with Crippen LogP contribution >= 0.6 is 31.9 Å². The minimum Gasteiger partial charge on any atom is -0.490 e. The Labute approximate surface area is 189 Å². The summed E-state index contributed by atoms with van der Waals surface area (Å²) < 4.78 is 13.9. The van der Waals surface area contributed by atoms with E-state index in [1.165, 1.54) is 11.1 Å². The average molecular weight is 519 g/mol. The van der Waals surface area contributed by atoms with Gasteiger partial charge in [-0.2, -0.15) is 0 Å². The van der Waals surface area contributed by atoms with E-state index >= 15 is 0 Å². The lowest BCUT2D eigenvalue weighted by Crippen LogP contribution is -2.04. The van der Waals surface area contributed by atoms with Crippen LogP contribution in [0.2, 0.25) is 0 Å². The third-order valence-corrected chi connectivity index (χ3v) is 5.63. The molecule has 0 atom stereocenters. The molecule has 0 amide bonds.